The molecule has 3 rings (SSSR count). The zero-order valence-electron chi connectivity index (χ0n) is 9.45. The van der Waals surface area contributed by atoms with Gasteiger partial charge in [0, 0.05) is 0 Å². The number of rotatable bonds is 1. The molecule has 0 aliphatic heterocycles. The molecule has 0 unspecified atom stereocenters. The van der Waals surface area contributed by atoms with E-state index in [0.717, 1.165) is 6.42 Å². The molecule has 16 heavy (non-hydrogen) atoms. The van der Waals surface area contributed by atoms with Crippen LogP contribution in [-0.4, -0.2) is 0 Å². The van der Waals surface area contributed by atoms with Gasteiger partial charge in [-0.05, 0) is 48.0 Å². The van der Waals surface area contributed by atoms with Crippen LogP contribution in [-0.2, 0) is 0 Å². The molecule has 0 amide bonds. The van der Waals surface area contributed by atoms with Gasteiger partial charge >= 0.3 is 0 Å². The van der Waals surface area contributed by atoms with Crippen molar-refractivity contribution in [3.05, 3.63) is 65.3 Å². The molecule has 0 heteroatoms. The first-order valence-corrected chi connectivity index (χ1v) is 6.08. The van der Waals surface area contributed by atoms with Crippen molar-refractivity contribution in [3.8, 4) is 0 Å². The Morgan fingerprint density at radius 1 is 0.875 bits per heavy atom. The topological polar surface area (TPSA) is 0 Å². The van der Waals surface area contributed by atoms with Crippen molar-refractivity contribution in [1.29, 1.82) is 0 Å². The lowest BCUT2D eigenvalue weighted by Gasteiger charge is -2.24. The van der Waals surface area contributed by atoms with E-state index in [0.29, 0.717) is 0 Å². The summed E-state index contributed by atoms with van der Waals surface area (Å²) in [6.07, 6.45) is 11.7. The highest BCUT2D eigenvalue weighted by molar-refractivity contribution is 5.74. The van der Waals surface area contributed by atoms with Gasteiger partial charge in [-0.3, -0.25) is 0 Å². The summed E-state index contributed by atoms with van der Waals surface area (Å²) in [6.45, 7) is 0. The van der Waals surface area contributed by atoms with E-state index < -0.39 is 0 Å². The number of fused-ring (bicyclic) bond motifs is 1. The van der Waals surface area contributed by atoms with Gasteiger partial charge in [-0.25, -0.2) is 0 Å². The minimum Gasteiger partial charge on any atom is -0.0801 e. The molecular weight excluding hydrogens is 192 g/mol. The van der Waals surface area contributed by atoms with Gasteiger partial charge in [-0.1, -0.05) is 48.6 Å². The van der Waals surface area contributed by atoms with Crippen LogP contribution in [0.2, 0.25) is 0 Å². The Morgan fingerprint density at radius 3 is 2.62 bits per heavy atom. The maximum atomic E-state index is 2.29. The predicted octanol–water partition coefficient (Wildman–Crippen LogP) is 4.51. The second-order valence-corrected chi connectivity index (χ2v) is 4.50. The molecule has 2 aliphatic rings. The van der Waals surface area contributed by atoms with Gasteiger partial charge in [-0.15, -0.1) is 0 Å². The zero-order valence-corrected chi connectivity index (χ0v) is 9.45. The van der Waals surface area contributed by atoms with Gasteiger partial charge in [0.05, 0.1) is 0 Å². The molecule has 80 valence electrons. The minimum atomic E-state index is 1.12. The summed E-state index contributed by atoms with van der Waals surface area (Å²) < 4.78 is 0. The van der Waals surface area contributed by atoms with E-state index in [1.807, 2.05) is 0 Å². The quantitative estimate of drug-likeness (QED) is 0.637. The fraction of sp³-hybridized carbons (Fsp3) is 0.250. The maximum absolute atomic E-state index is 2.29. The summed E-state index contributed by atoms with van der Waals surface area (Å²) >= 11 is 0. The van der Waals surface area contributed by atoms with E-state index in [4.69, 9.17) is 0 Å². The second kappa shape index (κ2) is 4.13. The van der Waals surface area contributed by atoms with Gasteiger partial charge in [0.25, 0.3) is 0 Å². The lowest BCUT2D eigenvalue weighted by atomic mass is 9.81. The normalized spacial score (nSPS) is 19.4. The SMILES string of the molecule is C1=CCC2=C(c3ccccc3)CCCC2=C1. The Morgan fingerprint density at radius 2 is 1.75 bits per heavy atom. The lowest BCUT2D eigenvalue weighted by molar-refractivity contribution is 0.804. The van der Waals surface area contributed by atoms with Gasteiger partial charge in [-0.2, -0.15) is 0 Å². The van der Waals surface area contributed by atoms with Crippen LogP contribution in [0.1, 0.15) is 31.2 Å². The van der Waals surface area contributed by atoms with Crippen molar-refractivity contribution < 1.29 is 0 Å². The molecule has 0 N–H and O–H groups in total. The lowest BCUT2D eigenvalue weighted by Crippen LogP contribution is -2.04. The fourth-order valence-corrected chi connectivity index (χ4v) is 2.72. The molecule has 0 radical (unpaired) electrons. The maximum Gasteiger partial charge on any atom is -0.00886 e. The Kier molecular flexibility index (Phi) is 2.49. The van der Waals surface area contributed by atoms with Crippen LogP contribution in [0.15, 0.2) is 59.7 Å². The Bertz CT molecular complexity index is 472. The number of hydrogen-bond acceptors (Lipinski definition) is 0. The number of allylic oxidation sites excluding steroid dienone is 6. The molecule has 0 nitrogen and oxygen atoms in total. The van der Waals surface area contributed by atoms with Gasteiger partial charge in [0.2, 0.25) is 0 Å². The van der Waals surface area contributed by atoms with E-state index in [1.165, 1.54) is 24.8 Å². The third kappa shape index (κ3) is 1.65. The minimum absolute atomic E-state index is 1.12. The van der Waals surface area contributed by atoms with Gasteiger partial charge in [0.15, 0.2) is 0 Å². The first-order valence-electron chi connectivity index (χ1n) is 6.08. The van der Waals surface area contributed by atoms with E-state index >= 15 is 0 Å². The Labute approximate surface area is 97.0 Å². The third-order valence-corrected chi connectivity index (χ3v) is 3.50. The highest BCUT2D eigenvalue weighted by Gasteiger charge is 2.18. The summed E-state index contributed by atoms with van der Waals surface area (Å²) in [6, 6.07) is 10.8. The van der Waals surface area contributed by atoms with Gasteiger partial charge < -0.3 is 0 Å². The summed E-state index contributed by atoms with van der Waals surface area (Å²) in [4.78, 5) is 0. The third-order valence-electron chi connectivity index (χ3n) is 3.50. The molecule has 0 aromatic heterocycles. The molecule has 0 saturated heterocycles. The molecule has 0 spiro atoms. The van der Waals surface area contributed by atoms with E-state index in [9.17, 15) is 0 Å². The number of benzene rings is 1. The highest BCUT2D eigenvalue weighted by Crippen LogP contribution is 2.38. The smallest absolute Gasteiger partial charge is 0.00886 e. The fourth-order valence-electron chi connectivity index (χ4n) is 2.72. The molecule has 0 atom stereocenters. The van der Waals surface area contributed by atoms with E-state index in [1.54, 1.807) is 16.7 Å². The zero-order chi connectivity index (χ0) is 10.8. The summed E-state index contributed by atoms with van der Waals surface area (Å²) in [7, 11) is 0. The molecule has 1 aromatic carbocycles. The summed E-state index contributed by atoms with van der Waals surface area (Å²) in [5.41, 5.74) is 6.13. The van der Waals surface area contributed by atoms with E-state index in [-0.39, 0.29) is 0 Å². The summed E-state index contributed by atoms with van der Waals surface area (Å²) in [5, 5.41) is 0. The van der Waals surface area contributed by atoms with Crippen molar-refractivity contribution in [1.82, 2.24) is 0 Å². The molecule has 0 heterocycles. The van der Waals surface area contributed by atoms with Crippen molar-refractivity contribution in [2.45, 2.75) is 25.7 Å². The van der Waals surface area contributed by atoms with Crippen LogP contribution in [0.4, 0.5) is 0 Å². The van der Waals surface area contributed by atoms with Crippen LogP contribution >= 0.6 is 0 Å². The first-order chi connectivity index (χ1) is 7.95. The summed E-state index contributed by atoms with van der Waals surface area (Å²) in [5.74, 6) is 0. The van der Waals surface area contributed by atoms with Crippen molar-refractivity contribution in [3.63, 3.8) is 0 Å². The monoisotopic (exact) mass is 208 g/mol. The van der Waals surface area contributed by atoms with Gasteiger partial charge in [0.1, 0.15) is 0 Å². The Balaban J connectivity index is 2.09. The van der Waals surface area contributed by atoms with Crippen molar-refractivity contribution in [2.75, 3.05) is 0 Å². The largest absolute Gasteiger partial charge is 0.0801 e. The molecular formula is C16H16. The second-order valence-electron chi connectivity index (χ2n) is 4.50. The van der Waals surface area contributed by atoms with Crippen molar-refractivity contribution in [2.24, 2.45) is 0 Å². The first kappa shape index (κ1) is 9.65. The van der Waals surface area contributed by atoms with Crippen LogP contribution in [0, 0.1) is 0 Å². The van der Waals surface area contributed by atoms with Crippen LogP contribution < -0.4 is 0 Å². The molecule has 0 fully saturated rings. The van der Waals surface area contributed by atoms with Crippen molar-refractivity contribution >= 4 is 5.57 Å². The molecule has 0 saturated carbocycles. The van der Waals surface area contributed by atoms with Crippen LogP contribution in [0.3, 0.4) is 0 Å². The molecule has 2 aliphatic carbocycles. The van der Waals surface area contributed by atoms with Crippen LogP contribution in [0.25, 0.3) is 5.57 Å². The van der Waals surface area contributed by atoms with Crippen LogP contribution in [0.5, 0.6) is 0 Å². The number of hydrogen-bond donors (Lipinski definition) is 0. The predicted molar refractivity (Wildman–Crippen MR) is 69.1 cm³/mol. The average Bonchev–Trinajstić information content (AvgIpc) is 2.39. The average molecular weight is 208 g/mol. The molecule has 1 aromatic rings. The standard InChI is InChI=1S/C16H16/c1-2-7-13(8-3-1)16-12-6-10-14-9-4-5-11-15(14)16/h1-5,7-9H,6,10-12H2. The molecule has 0 bridgehead atoms. The van der Waals surface area contributed by atoms with E-state index in [2.05, 4.69) is 48.6 Å². The Hall–Kier alpha value is -1.56. The highest BCUT2D eigenvalue weighted by atomic mass is 14.2.